The van der Waals surface area contributed by atoms with Gasteiger partial charge in [0, 0.05) is 19.1 Å². The van der Waals surface area contributed by atoms with E-state index < -0.39 is 0 Å². The molecule has 2 heterocycles. The highest BCUT2D eigenvalue weighted by Gasteiger charge is 2.26. The molecule has 1 aromatic rings. The minimum Gasteiger partial charge on any atom is -0.355 e. The largest absolute Gasteiger partial charge is 0.355 e. The number of rotatable bonds is 5. The molecule has 3 N–H and O–H groups in total. The topological polar surface area (TPSA) is 57.4 Å². The van der Waals surface area contributed by atoms with Gasteiger partial charge < -0.3 is 10.3 Å². The molecule has 5 nitrogen and oxygen atoms in total. The fourth-order valence-corrected chi connectivity index (χ4v) is 2.67. The molecule has 0 aromatic carbocycles. The Morgan fingerprint density at radius 3 is 2.89 bits per heavy atom. The number of likely N-dealkylation sites (N-methyl/N-ethyl adjacent to an activating group) is 1. The van der Waals surface area contributed by atoms with Gasteiger partial charge in [0.25, 0.3) is 0 Å². The van der Waals surface area contributed by atoms with E-state index in [1.165, 1.54) is 6.42 Å². The van der Waals surface area contributed by atoms with Crippen LogP contribution in [-0.4, -0.2) is 42.1 Å². The second-order valence-electron chi connectivity index (χ2n) is 4.64. The SMILES string of the molecule is CCN(CC)C1CCN(c2cccc(NN)n2)C1. The van der Waals surface area contributed by atoms with Crippen LogP contribution in [0.4, 0.5) is 11.6 Å². The lowest BCUT2D eigenvalue weighted by Gasteiger charge is -2.26. The minimum absolute atomic E-state index is 0.649. The van der Waals surface area contributed by atoms with E-state index in [2.05, 4.69) is 34.1 Å². The molecule has 1 aromatic heterocycles. The number of nitrogens with zero attached hydrogens (tertiary/aromatic N) is 3. The first-order valence-electron chi connectivity index (χ1n) is 6.71. The lowest BCUT2D eigenvalue weighted by Crippen LogP contribution is -2.37. The van der Waals surface area contributed by atoms with Crippen molar-refractivity contribution in [2.75, 3.05) is 36.5 Å². The highest BCUT2D eigenvalue weighted by atomic mass is 15.3. The quantitative estimate of drug-likeness (QED) is 0.608. The third kappa shape index (κ3) is 2.73. The van der Waals surface area contributed by atoms with E-state index in [9.17, 15) is 0 Å². The molecule has 5 heteroatoms. The molecular weight excluding hydrogens is 226 g/mol. The zero-order chi connectivity index (χ0) is 13.0. The van der Waals surface area contributed by atoms with Gasteiger partial charge in [-0.15, -0.1) is 0 Å². The first-order chi connectivity index (χ1) is 8.78. The first-order valence-corrected chi connectivity index (χ1v) is 6.71. The van der Waals surface area contributed by atoms with Crippen LogP contribution in [0.3, 0.4) is 0 Å². The van der Waals surface area contributed by atoms with Crippen LogP contribution >= 0.6 is 0 Å². The Bertz CT molecular complexity index is 377. The molecule has 1 fully saturated rings. The Hall–Kier alpha value is -1.33. The van der Waals surface area contributed by atoms with Gasteiger partial charge in [-0.05, 0) is 31.6 Å². The fourth-order valence-electron chi connectivity index (χ4n) is 2.67. The van der Waals surface area contributed by atoms with Crippen LogP contribution in [0, 0.1) is 0 Å². The lowest BCUT2D eigenvalue weighted by atomic mass is 10.2. The van der Waals surface area contributed by atoms with Gasteiger partial charge in [-0.25, -0.2) is 10.8 Å². The van der Waals surface area contributed by atoms with Crippen LogP contribution in [0.15, 0.2) is 18.2 Å². The van der Waals surface area contributed by atoms with E-state index in [4.69, 9.17) is 5.84 Å². The molecule has 0 bridgehead atoms. The minimum atomic E-state index is 0.649. The summed E-state index contributed by atoms with van der Waals surface area (Å²) in [5.41, 5.74) is 2.60. The summed E-state index contributed by atoms with van der Waals surface area (Å²) in [6, 6.07) is 6.56. The van der Waals surface area contributed by atoms with Crippen molar-refractivity contribution in [1.29, 1.82) is 0 Å². The Morgan fingerprint density at radius 1 is 1.44 bits per heavy atom. The number of anilines is 2. The molecule has 0 amide bonds. The molecule has 0 aliphatic carbocycles. The van der Waals surface area contributed by atoms with Crippen molar-refractivity contribution in [3.8, 4) is 0 Å². The van der Waals surface area contributed by atoms with Crippen molar-refractivity contribution in [3.05, 3.63) is 18.2 Å². The van der Waals surface area contributed by atoms with Crippen LogP contribution in [0.1, 0.15) is 20.3 Å². The van der Waals surface area contributed by atoms with Crippen LogP contribution in [0.5, 0.6) is 0 Å². The van der Waals surface area contributed by atoms with Crippen molar-refractivity contribution in [3.63, 3.8) is 0 Å². The van der Waals surface area contributed by atoms with Gasteiger partial charge in [0.1, 0.15) is 11.6 Å². The van der Waals surface area contributed by atoms with Gasteiger partial charge in [0.2, 0.25) is 0 Å². The molecule has 0 radical (unpaired) electrons. The van der Waals surface area contributed by atoms with Gasteiger partial charge in [-0.2, -0.15) is 0 Å². The van der Waals surface area contributed by atoms with E-state index in [1.807, 2.05) is 18.2 Å². The lowest BCUT2D eigenvalue weighted by molar-refractivity contribution is 0.232. The molecule has 1 aliphatic rings. The normalized spacial score (nSPS) is 19.6. The second kappa shape index (κ2) is 6.02. The summed E-state index contributed by atoms with van der Waals surface area (Å²) in [5.74, 6) is 7.13. The molecule has 1 unspecified atom stereocenters. The van der Waals surface area contributed by atoms with Gasteiger partial charge >= 0.3 is 0 Å². The van der Waals surface area contributed by atoms with E-state index >= 15 is 0 Å². The number of hydrogen-bond acceptors (Lipinski definition) is 5. The van der Waals surface area contributed by atoms with Crippen LogP contribution in [0.25, 0.3) is 0 Å². The van der Waals surface area contributed by atoms with Crippen molar-refractivity contribution in [2.45, 2.75) is 26.3 Å². The maximum Gasteiger partial charge on any atom is 0.142 e. The number of hydrogen-bond donors (Lipinski definition) is 2. The van der Waals surface area contributed by atoms with Crippen molar-refractivity contribution < 1.29 is 0 Å². The zero-order valence-corrected chi connectivity index (χ0v) is 11.3. The number of nitrogen functional groups attached to an aromatic ring is 1. The van der Waals surface area contributed by atoms with E-state index in [0.717, 1.165) is 37.8 Å². The molecule has 1 atom stereocenters. The van der Waals surface area contributed by atoms with E-state index in [0.29, 0.717) is 6.04 Å². The smallest absolute Gasteiger partial charge is 0.142 e. The number of pyridine rings is 1. The molecule has 0 saturated carbocycles. The number of nitrogens with two attached hydrogens (primary N) is 1. The number of hydrazine groups is 1. The fraction of sp³-hybridized carbons (Fsp3) is 0.615. The molecule has 0 spiro atoms. The summed E-state index contributed by atoms with van der Waals surface area (Å²) >= 11 is 0. The predicted octanol–water partition coefficient (Wildman–Crippen LogP) is 1.29. The van der Waals surface area contributed by atoms with Crippen LogP contribution in [-0.2, 0) is 0 Å². The molecule has 1 aliphatic heterocycles. The summed E-state index contributed by atoms with van der Waals surface area (Å²) in [6.45, 7) is 8.82. The average Bonchev–Trinajstić information content (AvgIpc) is 2.90. The standard InChI is InChI=1S/C13H23N5/c1-3-17(4-2)11-8-9-18(10-11)13-7-5-6-12(15-13)16-14/h5-7,11H,3-4,8-10,14H2,1-2H3,(H,15,16). The monoisotopic (exact) mass is 249 g/mol. The molecule has 100 valence electrons. The molecular formula is C13H23N5. The van der Waals surface area contributed by atoms with E-state index in [-0.39, 0.29) is 0 Å². The summed E-state index contributed by atoms with van der Waals surface area (Å²) in [7, 11) is 0. The summed E-state index contributed by atoms with van der Waals surface area (Å²) in [6.07, 6.45) is 1.21. The van der Waals surface area contributed by atoms with Gasteiger partial charge in [-0.3, -0.25) is 4.90 Å². The first kappa shape index (κ1) is 13.1. The van der Waals surface area contributed by atoms with Gasteiger partial charge in [0.15, 0.2) is 0 Å². The Morgan fingerprint density at radius 2 is 2.22 bits per heavy atom. The van der Waals surface area contributed by atoms with Gasteiger partial charge in [0.05, 0.1) is 0 Å². The number of nitrogens with one attached hydrogen (secondary N) is 1. The van der Waals surface area contributed by atoms with E-state index in [1.54, 1.807) is 0 Å². The Labute approximate surface area is 109 Å². The number of aromatic nitrogens is 1. The maximum atomic E-state index is 5.40. The molecule has 1 saturated heterocycles. The maximum absolute atomic E-state index is 5.40. The highest BCUT2D eigenvalue weighted by Crippen LogP contribution is 2.22. The molecule has 2 rings (SSSR count). The second-order valence-corrected chi connectivity index (χ2v) is 4.64. The Kier molecular flexibility index (Phi) is 4.38. The summed E-state index contributed by atoms with van der Waals surface area (Å²) in [5, 5.41) is 0. The third-order valence-corrected chi connectivity index (χ3v) is 3.70. The van der Waals surface area contributed by atoms with Crippen molar-refractivity contribution in [2.24, 2.45) is 5.84 Å². The van der Waals surface area contributed by atoms with Crippen LogP contribution in [0.2, 0.25) is 0 Å². The van der Waals surface area contributed by atoms with Gasteiger partial charge in [-0.1, -0.05) is 19.9 Å². The summed E-state index contributed by atoms with van der Waals surface area (Å²) < 4.78 is 0. The average molecular weight is 249 g/mol. The third-order valence-electron chi connectivity index (χ3n) is 3.70. The summed E-state index contributed by atoms with van der Waals surface area (Å²) in [4.78, 5) is 9.35. The Balaban J connectivity index is 2.03. The highest BCUT2D eigenvalue weighted by molar-refractivity contribution is 5.47. The van der Waals surface area contributed by atoms with Crippen LogP contribution < -0.4 is 16.2 Å². The van der Waals surface area contributed by atoms with Crippen molar-refractivity contribution in [1.82, 2.24) is 9.88 Å². The molecule has 18 heavy (non-hydrogen) atoms. The predicted molar refractivity (Wildman–Crippen MR) is 75.6 cm³/mol. The zero-order valence-electron chi connectivity index (χ0n) is 11.3. The van der Waals surface area contributed by atoms with Crippen molar-refractivity contribution >= 4 is 11.6 Å².